The van der Waals surface area contributed by atoms with E-state index >= 15 is 4.39 Å². The van der Waals surface area contributed by atoms with E-state index in [1.54, 1.807) is 12.3 Å². The predicted molar refractivity (Wildman–Crippen MR) is 113 cm³/mol. The fourth-order valence-electron chi connectivity index (χ4n) is 2.93. The Morgan fingerprint density at radius 1 is 1.31 bits per heavy atom. The molecule has 0 atom stereocenters. The zero-order chi connectivity index (χ0) is 20.8. The first kappa shape index (κ1) is 20.2. The van der Waals surface area contributed by atoms with Crippen LogP contribution in [0.2, 0.25) is 5.02 Å². The maximum atomic E-state index is 15.3. The van der Waals surface area contributed by atoms with Crippen LogP contribution in [-0.2, 0) is 16.4 Å². The van der Waals surface area contributed by atoms with Crippen molar-refractivity contribution in [2.45, 2.75) is 32.1 Å². The number of anilines is 1. The lowest BCUT2D eigenvalue weighted by Gasteiger charge is -2.11. The summed E-state index contributed by atoms with van der Waals surface area (Å²) < 4.78 is 40.7. The molecule has 2 aromatic heterocycles. The monoisotopic (exact) mass is 452 g/mol. The third-order valence-corrected chi connectivity index (χ3v) is 6.46. The summed E-state index contributed by atoms with van der Waals surface area (Å²) in [6.07, 6.45) is 5.40. The largest absolute Gasteiger partial charge is 0.281 e. The van der Waals surface area contributed by atoms with E-state index < -0.39 is 15.8 Å². The van der Waals surface area contributed by atoms with Crippen LogP contribution in [0.4, 0.5) is 10.1 Å². The van der Waals surface area contributed by atoms with Crippen LogP contribution in [0.15, 0.2) is 24.4 Å². The van der Waals surface area contributed by atoms with Gasteiger partial charge in [0.2, 0.25) is 10.0 Å². The summed E-state index contributed by atoms with van der Waals surface area (Å²) in [5.41, 5.74) is 1.000. The molecule has 1 aromatic carbocycles. The summed E-state index contributed by atoms with van der Waals surface area (Å²) in [6, 6.07) is 4.47. The average Bonchev–Trinajstić information content (AvgIpc) is 3.42. The first-order chi connectivity index (χ1) is 13.7. The molecule has 0 radical (unpaired) electrons. The number of aryl methyl sites for hydroxylation is 1. The molecule has 1 aliphatic carbocycles. The minimum Gasteiger partial charge on any atom is -0.281 e. The molecule has 3 aromatic rings. The Balaban J connectivity index is 1.91. The van der Waals surface area contributed by atoms with Crippen LogP contribution in [0, 0.1) is 5.82 Å². The van der Waals surface area contributed by atoms with Gasteiger partial charge in [0.05, 0.1) is 33.2 Å². The van der Waals surface area contributed by atoms with Gasteiger partial charge in [0.25, 0.3) is 0 Å². The highest BCUT2D eigenvalue weighted by Gasteiger charge is 2.30. The molecular weight excluding hydrogens is 435 g/mol. The molecule has 4 rings (SSSR count). The smallest absolute Gasteiger partial charge is 0.229 e. The summed E-state index contributed by atoms with van der Waals surface area (Å²) >= 11 is 7.66. The van der Waals surface area contributed by atoms with Gasteiger partial charge in [0.1, 0.15) is 5.82 Å². The van der Waals surface area contributed by atoms with Crippen molar-refractivity contribution in [3.05, 3.63) is 46.1 Å². The van der Waals surface area contributed by atoms with Gasteiger partial charge in [-0.15, -0.1) is 11.3 Å². The Morgan fingerprint density at radius 3 is 2.72 bits per heavy atom. The SMILES string of the molecule is CCc1nccc(-c2sc(C3CC3)nc2-c2cc(Cl)cc(NS(C)(=O)=O)c2F)n1. The molecule has 1 N–H and O–H groups in total. The topological polar surface area (TPSA) is 84.8 Å². The van der Waals surface area contributed by atoms with Crippen LogP contribution < -0.4 is 4.72 Å². The molecule has 0 aliphatic heterocycles. The first-order valence-electron chi connectivity index (χ1n) is 9.05. The maximum Gasteiger partial charge on any atom is 0.229 e. The molecule has 0 amide bonds. The van der Waals surface area contributed by atoms with Crippen molar-refractivity contribution in [1.29, 1.82) is 0 Å². The second-order valence-electron chi connectivity index (χ2n) is 6.90. The van der Waals surface area contributed by atoms with Crippen LogP contribution in [0.1, 0.15) is 36.5 Å². The van der Waals surface area contributed by atoms with E-state index in [0.717, 1.165) is 29.0 Å². The lowest BCUT2D eigenvalue weighted by Crippen LogP contribution is -2.11. The third-order valence-electron chi connectivity index (χ3n) is 4.41. The van der Waals surface area contributed by atoms with Crippen LogP contribution in [0.5, 0.6) is 0 Å². The van der Waals surface area contributed by atoms with Crippen molar-refractivity contribution in [3.8, 4) is 21.8 Å². The number of hydrogen-bond donors (Lipinski definition) is 1. The van der Waals surface area contributed by atoms with Crippen molar-refractivity contribution < 1.29 is 12.8 Å². The van der Waals surface area contributed by atoms with Crippen molar-refractivity contribution in [2.24, 2.45) is 0 Å². The molecule has 0 bridgehead atoms. The molecule has 1 fully saturated rings. The van der Waals surface area contributed by atoms with E-state index in [1.165, 1.54) is 23.5 Å². The van der Waals surface area contributed by atoms with E-state index in [0.29, 0.717) is 29.6 Å². The van der Waals surface area contributed by atoms with Gasteiger partial charge >= 0.3 is 0 Å². The van der Waals surface area contributed by atoms with Gasteiger partial charge in [-0.2, -0.15) is 0 Å². The summed E-state index contributed by atoms with van der Waals surface area (Å²) in [5, 5.41) is 1.13. The van der Waals surface area contributed by atoms with Gasteiger partial charge in [0.15, 0.2) is 5.82 Å². The third kappa shape index (κ3) is 4.41. The lowest BCUT2D eigenvalue weighted by molar-refractivity contribution is 0.604. The standard InChI is InChI=1S/C19H18ClFN4O2S2/c1-3-15-22-7-6-13(23-15)18-17(24-19(28-18)10-4-5-10)12-8-11(20)9-14(16(12)21)25-29(2,26)27/h6-10,25H,3-5H2,1-2H3. The number of sulfonamides is 1. The molecule has 10 heteroatoms. The quantitative estimate of drug-likeness (QED) is 0.576. The number of rotatable bonds is 6. The van der Waals surface area contributed by atoms with E-state index in [1.807, 2.05) is 6.92 Å². The maximum absolute atomic E-state index is 15.3. The molecule has 6 nitrogen and oxygen atoms in total. The van der Waals surface area contributed by atoms with Crippen molar-refractivity contribution in [2.75, 3.05) is 11.0 Å². The van der Waals surface area contributed by atoms with E-state index in [4.69, 9.17) is 16.6 Å². The van der Waals surface area contributed by atoms with Gasteiger partial charge in [-0.1, -0.05) is 18.5 Å². The molecule has 2 heterocycles. The Labute approximate surface area is 177 Å². The zero-order valence-corrected chi connectivity index (χ0v) is 18.1. The second-order valence-corrected chi connectivity index (χ2v) is 10.1. The highest BCUT2D eigenvalue weighted by molar-refractivity contribution is 7.92. The summed E-state index contributed by atoms with van der Waals surface area (Å²) in [6.45, 7) is 1.96. The lowest BCUT2D eigenvalue weighted by atomic mass is 10.1. The van der Waals surface area contributed by atoms with Crippen LogP contribution >= 0.6 is 22.9 Å². The molecular formula is C19H18ClFN4O2S2. The number of aromatic nitrogens is 3. The number of halogens is 2. The summed E-state index contributed by atoms with van der Waals surface area (Å²) in [4.78, 5) is 14.2. The zero-order valence-electron chi connectivity index (χ0n) is 15.7. The normalized spacial score (nSPS) is 14.2. The Hall–Kier alpha value is -2.10. The van der Waals surface area contributed by atoms with Gasteiger partial charge in [-0.25, -0.2) is 27.8 Å². The first-order valence-corrected chi connectivity index (χ1v) is 12.1. The summed E-state index contributed by atoms with van der Waals surface area (Å²) in [5.74, 6) is 0.329. The minimum absolute atomic E-state index is 0.137. The molecule has 29 heavy (non-hydrogen) atoms. The van der Waals surface area contributed by atoms with Gasteiger partial charge in [0, 0.05) is 29.1 Å². The van der Waals surface area contributed by atoms with E-state index in [2.05, 4.69) is 14.7 Å². The average molecular weight is 453 g/mol. The van der Waals surface area contributed by atoms with E-state index in [9.17, 15) is 8.42 Å². The number of nitrogens with zero attached hydrogens (tertiary/aromatic N) is 3. The predicted octanol–water partition coefficient (Wildman–Crippen LogP) is 4.87. The number of hydrogen-bond acceptors (Lipinski definition) is 6. The van der Waals surface area contributed by atoms with Crippen LogP contribution in [0.3, 0.4) is 0 Å². The highest BCUT2D eigenvalue weighted by atomic mass is 35.5. The molecule has 1 aliphatic rings. The highest BCUT2D eigenvalue weighted by Crippen LogP contribution is 2.47. The fraction of sp³-hybridized carbons (Fsp3) is 0.316. The Kier molecular flexibility index (Phi) is 5.30. The summed E-state index contributed by atoms with van der Waals surface area (Å²) in [7, 11) is -3.67. The Morgan fingerprint density at radius 2 is 2.07 bits per heavy atom. The van der Waals surface area contributed by atoms with Crippen LogP contribution in [0.25, 0.3) is 21.8 Å². The van der Waals surface area contributed by atoms with Crippen molar-refractivity contribution in [1.82, 2.24) is 15.0 Å². The molecule has 1 saturated carbocycles. The molecule has 0 unspecified atom stereocenters. The fourth-order valence-corrected chi connectivity index (χ4v) is 4.91. The van der Waals surface area contributed by atoms with Gasteiger partial charge in [-0.3, -0.25) is 4.72 Å². The van der Waals surface area contributed by atoms with Gasteiger partial charge in [-0.05, 0) is 31.0 Å². The Bertz CT molecular complexity index is 1190. The molecule has 0 spiro atoms. The number of benzene rings is 1. The van der Waals surface area contributed by atoms with Gasteiger partial charge < -0.3 is 0 Å². The van der Waals surface area contributed by atoms with E-state index in [-0.39, 0.29) is 16.3 Å². The van der Waals surface area contributed by atoms with Crippen LogP contribution in [-0.4, -0.2) is 29.6 Å². The number of thiazole rings is 1. The van der Waals surface area contributed by atoms with Crippen molar-refractivity contribution in [3.63, 3.8) is 0 Å². The molecule has 152 valence electrons. The van der Waals surface area contributed by atoms with Crippen molar-refractivity contribution >= 4 is 38.6 Å². The minimum atomic E-state index is -3.67. The molecule has 0 saturated heterocycles. The number of nitrogens with one attached hydrogen (secondary N) is 1. The second kappa shape index (κ2) is 7.62.